The van der Waals surface area contributed by atoms with Crippen LogP contribution < -0.4 is 5.32 Å². The van der Waals surface area contributed by atoms with Gasteiger partial charge in [0.25, 0.3) is 0 Å². The van der Waals surface area contributed by atoms with Crippen LogP contribution in [0.5, 0.6) is 0 Å². The van der Waals surface area contributed by atoms with E-state index in [0.717, 1.165) is 13.0 Å². The highest BCUT2D eigenvalue weighted by atomic mass is 15.0. The first-order valence-electron chi connectivity index (χ1n) is 4.98. The number of rotatable bonds is 0. The van der Waals surface area contributed by atoms with Gasteiger partial charge in [-0.2, -0.15) is 0 Å². The molecule has 0 aromatic carbocycles. The second-order valence-corrected chi connectivity index (χ2v) is 4.92. The molecule has 0 aliphatic carbocycles. The average Bonchev–Trinajstić information content (AvgIpc) is 2.48. The van der Waals surface area contributed by atoms with Gasteiger partial charge in [0.1, 0.15) is 0 Å². The van der Waals surface area contributed by atoms with Gasteiger partial charge in [-0.3, -0.25) is 0 Å². The van der Waals surface area contributed by atoms with Crippen LogP contribution in [0.3, 0.4) is 0 Å². The molecule has 0 spiro atoms. The van der Waals surface area contributed by atoms with Crippen LogP contribution >= 0.6 is 0 Å². The molecule has 2 heteroatoms. The van der Waals surface area contributed by atoms with Crippen molar-refractivity contribution in [2.75, 3.05) is 6.54 Å². The molecule has 2 nitrogen and oxygen atoms in total. The lowest BCUT2D eigenvalue weighted by atomic mass is 9.81. The van der Waals surface area contributed by atoms with E-state index in [2.05, 4.69) is 43.3 Å². The van der Waals surface area contributed by atoms with Crippen LogP contribution in [0.4, 0.5) is 0 Å². The van der Waals surface area contributed by atoms with E-state index in [1.807, 2.05) is 0 Å². The number of hydrogen-bond acceptors (Lipinski definition) is 1. The van der Waals surface area contributed by atoms with Crippen molar-refractivity contribution in [3.05, 3.63) is 23.5 Å². The Hall–Kier alpha value is -0.760. The van der Waals surface area contributed by atoms with Crippen molar-refractivity contribution in [3.63, 3.8) is 0 Å². The standard InChI is InChI=1S/C11H18N2/c1-11(2,3)10-9-8(4-6-12-9)5-7-13-10/h4,6,10,12-13H,5,7H2,1-3H3. The van der Waals surface area contributed by atoms with Gasteiger partial charge in [0.15, 0.2) is 0 Å². The first-order valence-corrected chi connectivity index (χ1v) is 4.98. The number of fused-ring (bicyclic) bond motifs is 1. The van der Waals surface area contributed by atoms with Gasteiger partial charge in [-0.05, 0) is 30.0 Å². The summed E-state index contributed by atoms with van der Waals surface area (Å²) in [5.41, 5.74) is 3.16. The maximum atomic E-state index is 3.57. The van der Waals surface area contributed by atoms with Crippen molar-refractivity contribution in [2.24, 2.45) is 5.41 Å². The minimum atomic E-state index is 0.292. The molecule has 1 aromatic heterocycles. The highest BCUT2D eigenvalue weighted by Crippen LogP contribution is 2.35. The normalized spacial score (nSPS) is 22.8. The smallest absolute Gasteiger partial charge is 0.0524 e. The molecule has 0 fully saturated rings. The number of H-pyrrole nitrogens is 1. The summed E-state index contributed by atoms with van der Waals surface area (Å²) in [5.74, 6) is 0. The van der Waals surface area contributed by atoms with Crippen LogP contribution in [-0.2, 0) is 6.42 Å². The third kappa shape index (κ3) is 1.51. The van der Waals surface area contributed by atoms with Gasteiger partial charge in [0.2, 0.25) is 0 Å². The molecule has 0 saturated heterocycles. The molecule has 72 valence electrons. The van der Waals surface area contributed by atoms with Gasteiger partial charge in [0.05, 0.1) is 6.04 Å². The van der Waals surface area contributed by atoms with Gasteiger partial charge in [-0.1, -0.05) is 20.8 Å². The predicted octanol–water partition coefficient (Wildman–Crippen LogP) is 2.25. The molecule has 2 heterocycles. The molecule has 0 radical (unpaired) electrons. The van der Waals surface area contributed by atoms with Crippen LogP contribution in [0, 0.1) is 5.41 Å². The molecule has 0 bridgehead atoms. The second-order valence-electron chi connectivity index (χ2n) is 4.92. The lowest BCUT2D eigenvalue weighted by Crippen LogP contribution is -2.37. The average molecular weight is 178 g/mol. The zero-order chi connectivity index (χ0) is 9.47. The number of aromatic nitrogens is 1. The summed E-state index contributed by atoms with van der Waals surface area (Å²) in [6, 6.07) is 2.68. The number of aromatic amines is 1. The molecular formula is C11H18N2. The van der Waals surface area contributed by atoms with Crippen molar-refractivity contribution >= 4 is 0 Å². The van der Waals surface area contributed by atoms with E-state index in [4.69, 9.17) is 0 Å². The highest BCUT2D eigenvalue weighted by molar-refractivity contribution is 5.27. The Morgan fingerprint density at radius 3 is 2.85 bits per heavy atom. The third-order valence-corrected chi connectivity index (χ3v) is 2.77. The van der Waals surface area contributed by atoms with E-state index < -0.39 is 0 Å². The molecule has 1 aliphatic heterocycles. The number of hydrogen-bond donors (Lipinski definition) is 2. The van der Waals surface area contributed by atoms with Crippen molar-refractivity contribution < 1.29 is 0 Å². The molecule has 0 saturated carbocycles. The van der Waals surface area contributed by atoms with Crippen molar-refractivity contribution in [3.8, 4) is 0 Å². The Bertz CT molecular complexity index is 293. The van der Waals surface area contributed by atoms with E-state index in [0.29, 0.717) is 11.5 Å². The van der Waals surface area contributed by atoms with Crippen molar-refractivity contribution in [1.29, 1.82) is 0 Å². The first-order chi connectivity index (χ1) is 6.09. The third-order valence-electron chi connectivity index (χ3n) is 2.77. The van der Waals surface area contributed by atoms with E-state index in [-0.39, 0.29) is 0 Å². The monoisotopic (exact) mass is 178 g/mol. The van der Waals surface area contributed by atoms with Gasteiger partial charge in [-0.25, -0.2) is 0 Å². The fraction of sp³-hybridized carbons (Fsp3) is 0.636. The molecule has 0 amide bonds. The maximum Gasteiger partial charge on any atom is 0.0524 e. The summed E-state index contributed by atoms with van der Waals surface area (Å²) in [4.78, 5) is 3.35. The highest BCUT2D eigenvalue weighted by Gasteiger charge is 2.30. The second kappa shape index (κ2) is 2.88. The molecule has 1 aromatic rings. The van der Waals surface area contributed by atoms with E-state index >= 15 is 0 Å². The largest absolute Gasteiger partial charge is 0.363 e. The lowest BCUT2D eigenvalue weighted by Gasteiger charge is -2.34. The summed E-state index contributed by atoms with van der Waals surface area (Å²) < 4.78 is 0. The van der Waals surface area contributed by atoms with E-state index in [1.54, 1.807) is 0 Å². The predicted molar refractivity (Wildman–Crippen MR) is 54.7 cm³/mol. The van der Waals surface area contributed by atoms with Gasteiger partial charge in [0, 0.05) is 11.9 Å². The minimum absolute atomic E-state index is 0.292. The Morgan fingerprint density at radius 1 is 1.38 bits per heavy atom. The van der Waals surface area contributed by atoms with E-state index in [1.165, 1.54) is 11.3 Å². The van der Waals surface area contributed by atoms with E-state index in [9.17, 15) is 0 Å². The maximum absolute atomic E-state index is 3.57. The van der Waals surface area contributed by atoms with Gasteiger partial charge >= 0.3 is 0 Å². The van der Waals surface area contributed by atoms with Crippen LogP contribution in [-0.4, -0.2) is 11.5 Å². The Kier molecular flexibility index (Phi) is 1.95. The van der Waals surface area contributed by atoms with Crippen molar-refractivity contribution in [1.82, 2.24) is 10.3 Å². The zero-order valence-corrected chi connectivity index (χ0v) is 8.65. The summed E-state index contributed by atoms with van der Waals surface area (Å²) in [6.45, 7) is 7.94. The van der Waals surface area contributed by atoms with Crippen molar-refractivity contribution in [2.45, 2.75) is 33.2 Å². The van der Waals surface area contributed by atoms with Gasteiger partial charge in [-0.15, -0.1) is 0 Å². The topological polar surface area (TPSA) is 27.8 Å². The summed E-state index contributed by atoms with van der Waals surface area (Å²) in [5, 5.41) is 3.57. The Labute approximate surface area is 79.7 Å². The first kappa shape index (κ1) is 8.82. The molecule has 13 heavy (non-hydrogen) atoms. The fourth-order valence-electron chi connectivity index (χ4n) is 2.09. The zero-order valence-electron chi connectivity index (χ0n) is 8.65. The number of nitrogens with one attached hydrogen (secondary N) is 2. The Balaban J connectivity index is 2.35. The summed E-state index contributed by atoms with van der Waals surface area (Å²) >= 11 is 0. The van der Waals surface area contributed by atoms with Crippen LogP contribution in [0.25, 0.3) is 0 Å². The van der Waals surface area contributed by atoms with Crippen LogP contribution in [0.15, 0.2) is 12.3 Å². The van der Waals surface area contributed by atoms with Gasteiger partial charge < -0.3 is 10.3 Å². The van der Waals surface area contributed by atoms with Crippen LogP contribution in [0.2, 0.25) is 0 Å². The molecule has 1 aliphatic rings. The summed E-state index contributed by atoms with van der Waals surface area (Å²) in [6.07, 6.45) is 3.21. The Morgan fingerprint density at radius 2 is 2.15 bits per heavy atom. The van der Waals surface area contributed by atoms with Crippen LogP contribution in [0.1, 0.15) is 38.1 Å². The molecular weight excluding hydrogens is 160 g/mol. The molecule has 2 N–H and O–H groups in total. The lowest BCUT2D eigenvalue weighted by molar-refractivity contribution is 0.259. The minimum Gasteiger partial charge on any atom is -0.363 e. The molecule has 2 rings (SSSR count). The molecule has 1 atom stereocenters. The SMILES string of the molecule is CC(C)(C)C1NCCc2cc[nH]c21. The summed E-state index contributed by atoms with van der Waals surface area (Å²) in [7, 11) is 0. The fourth-order valence-corrected chi connectivity index (χ4v) is 2.09. The quantitative estimate of drug-likeness (QED) is 0.626. The molecule has 1 unspecified atom stereocenters.